The molecule has 1 saturated heterocycles. The zero-order valence-electron chi connectivity index (χ0n) is 11.6. The third-order valence-electron chi connectivity index (χ3n) is 4.05. The fourth-order valence-corrected chi connectivity index (χ4v) is 3.01. The van der Waals surface area contributed by atoms with Crippen LogP contribution >= 0.6 is 12.4 Å². The van der Waals surface area contributed by atoms with Gasteiger partial charge in [-0.15, -0.1) is 12.4 Å². The van der Waals surface area contributed by atoms with Crippen LogP contribution in [0, 0.1) is 11.3 Å². The van der Waals surface area contributed by atoms with Crippen LogP contribution in [-0.4, -0.2) is 25.0 Å². The van der Waals surface area contributed by atoms with Gasteiger partial charge in [-0.3, -0.25) is 4.79 Å². The van der Waals surface area contributed by atoms with E-state index in [-0.39, 0.29) is 18.3 Å². The quantitative estimate of drug-likeness (QED) is 0.781. The Morgan fingerprint density at radius 2 is 2.17 bits per heavy atom. The van der Waals surface area contributed by atoms with E-state index < -0.39 is 0 Å². The van der Waals surface area contributed by atoms with Crippen LogP contribution in [0.15, 0.2) is 0 Å². The first-order chi connectivity index (χ1) is 8.10. The van der Waals surface area contributed by atoms with Gasteiger partial charge in [0, 0.05) is 19.0 Å². The zero-order valence-corrected chi connectivity index (χ0v) is 12.4. The molecule has 1 amide bonds. The number of carbonyl (C=O) groups excluding carboxylic acids is 1. The number of amides is 1. The van der Waals surface area contributed by atoms with E-state index in [1.807, 2.05) is 0 Å². The Labute approximate surface area is 117 Å². The average Bonchev–Trinajstić information content (AvgIpc) is 2.81. The summed E-state index contributed by atoms with van der Waals surface area (Å²) in [7, 11) is 0. The van der Waals surface area contributed by atoms with Crippen molar-refractivity contribution in [1.82, 2.24) is 10.6 Å². The average molecular weight is 275 g/mol. The summed E-state index contributed by atoms with van der Waals surface area (Å²) < 4.78 is 0. The van der Waals surface area contributed by atoms with Gasteiger partial charge in [0.1, 0.15) is 0 Å². The SMILES string of the molecule is CC(C)CC1(CNC(=O)CC2CCCN2)CC1.Cl. The highest BCUT2D eigenvalue weighted by molar-refractivity contribution is 5.85. The topological polar surface area (TPSA) is 41.1 Å². The number of carbonyl (C=O) groups is 1. The number of rotatable bonds is 6. The number of hydrogen-bond donors (Lipinski definition) is 2. The molecule has 0 aromatic carbocycles. The van der Waals surface area contributed by atoms with Gasteiger partial charge < -0.3 is 10.6 Å². The maximum Gasteiger partial charge on any atom is 0.221 e. The first-order valence-electron chi connectivity index (χ1n) is 7.10. The molecule has 0 radical (unpaired) electrons. The van der Waals surface area contributed by atoms with Crippen LogP contribution in [0.5, 0.6) is 0 Å². The highest BCUT2D eigenvalue weighted by atomic mass is 35.5. The smallest absolute Gasteiger partial charge is 0.221 e. The van der Waals surface area contributed by atoms with Crippen LogP contribution in [0.1, 0.15) is 52.4 Å². The molecule has 1 heterocycles. The summed E-state index contributed by atoms with van der Waals surface area (Å²) in [6.45, 7) is 6.51. The summed E-state index contributed by atoms with van der Waals surface area (Å²) in [5, 5.41) is 6.51. The van der Waals surface area contributed by atoms with E-state index in [0.29, 0.717) is 17.9 Å². The van der Waals surface area contributed by atoms with Gasteiger partial charge in [0.25, 0.3) is 0 Å². The van der Waals surface area contributed by atoms with E-state index in [0.717, 1.165) is 25.4 Å². The molecule has 2 rings (SSSR count). The molecule has 1 aliphatic carbocycles. The van der Waals surface area contributed by atoms with Crippen molar-refractivity contribution in [2.75, 3.05) is 13.1 Å². The Morgan fingerprint density at radius 3 is 2.67 bits per heavy atom. The van der Waals surface area contributed by atoms with Crippen molar-refractivity contribution in [3.05, 3.63) is 0 Å². The molecule has 3 nitrogen and oxygen atoms in total. The van der Waals surface area contributed by atoms with Crippen molar-refractivity contribution in [2.45, 2.75) is 58.4 Å². The van der Waals surface area contributed by atoms with E-state index in [4.69, 9.17) is 0 Å². The third-order valence-corrected chi connectivity index (χ3v) is 4.05. The van der Waals surface area contributed by atoms with E-state index >= 15 is 0 Å². The monoisotopic (exact) mass is 274 g/mol. The maximum atomic E-state index is 11.8. The molecule has 0 aromatic heterocycles. The molecule has 4 heteroatoms. The molecule has 0 aromatic rings. The van der Waals surface area contributed by atoms with Crippen molar-refractivity contribution >= 4 is 18.3 Å². The molecular formula is C14H27ClN2O. The third kappa shape index (κ3) is 4.77. The standard InChI is InChI=1S/C14H26N2O.ClH/c1-11(2)9-14(5-6-14)10-16-13(17)8-12-4-3-7-15-12;/h11-12,15H,3-10H2,1-2H3,(H,16,17);1H. The Balaban J connectivity index is 0.00000162. The van der Waals surface area contributed by atoms with Crippen molar-refractivity contribution < 1.29 is 4.79 Å². The van der Waals surface area contributed by atoms with Gasteiger partial charge >= 0.3 is 0 Å². The molecule has 1 saturated carbocycles. The Kier molecular flexibility index (Phi) is 5.93. The van der Waals surface area contributed by atoms with Crippen LogP contribution in [-0.2, 0) is 4.79 Å². The second-order valence-corrected chi connectivity index (χ2v) is 6.37. The van der Waals surface area contributed by atoms with Gasteiger partial charge in [-0.05, 0) is 50.0 Å². The highest BCUT2D eigenvalue weighted by Gasteiger charge is 2.42. The van der Waals surface area contributed by atoms with Crippen LogP contribution < -0.4 is 10.6 Å². The summed E-state index contributed by atoms with van der Waals surface area (Å²) >= 11 is 0. The normalized spacial score (nSPS) is 24.7. The van der Waals surface area contributed by atoms with E-state index in [1.54, 1.807) is 0 Å². The predicted molar refractivity (Wildman–Crippen MR) is 77.0 cm³/mol. The van der Waals surface area contributed by atoms with Crippen LogP contribution in [0.3, 0.4) is 0 Å². The van der Waals surface area contributed by atoms with Gasteiger partial charge in [0.05, 0.1) is 0 Å². The van der Waals surface area contributed by atoms with Gasteiger partial charge in [-0.2, -0.15) is 0 Å². The lowest BCUT2D eigenvalue weighted by Crippen LogP contribution is -2.35. The molecule has 18 heavy (non-hydrogen) atoms. The second kappa shape index (κ2) is 6.76. The van der Waals surface area contributed by atoms with Crippen molar-refractivity contribution in [3.8, 4) is 0 Å². The molecule has 0 spiro atoms. The number of nitrogens with one attached hydrogen (secondary N) is 2. The molecular weight excluding hydrogens is 248 g/mol. The summed E-state index contributed by atoms with van der Waals surface area (Å²) in [4.78, 5) is 11.8. The zero-order chi connectivity index (χ0) is 12.3. The van der Waals surface area contributed by atoms with Crippen LogP contribution in [0.2, 0.25) is 0 Å². The summed E-state index contributed by atoms with van der Waals surface area (Å²) in [6.07, 6.45) is 6.90. The lowest BCUT2D eigenvalue weighted by atomic mass is 9.94. The van der Waals surface area contributed by atoms with Gasteiger partial charge in [-0.1, -0.05) is 13.8 Å². The predicted octanol–water partition coefficient (Wildman–Crippen LogP) is 2.49. The van der Waals surface area contributed by atoms with Gasteiger partial charge in [0.15, 0.2) is 0 Å². The van der Waals surface area contributed by atoms with Crippen LogP contribution in [0.4, 0.5) is 0 Å². The van der Waals surface area contributed by atoms with E-state index in [2.05, 4.69) is 24.5 Å². The molecule has 2 aliphatic rings. The first-order valence-corrected chi connectivity index (χ1v) is 7.10. The van der Waals surface area contributed by atoms with Crippen molar-refractivity contribution in [1.29, 1.82) is 0 Å². The van der Waals surface area contributed by atoms with Gasteiger partial charge in [0.2, 0.25) is 5.91 Å². The Bertz CT molecular complexity index is 271. The lowest BCUT2D eigenvalue weighted by Gasteiger charge is -2.19. The van der Waals surface area contributed by atoms with Crippen LogP contribution in [0.25, 0.3) is 0 Å². The van der Waals surface area contributed by atoms with E-state index in [9.17, 15) is 4.79 Å². The van der Waals surface area contributed by atoms with E-state index in [1.165, 1.54) is 25.7 Å². The minimum atomic E-state index is 0. The minimum absolute atomic E-state index is 0. The molecule has 1 aliphatic heterocycles. The Hall–Kier alpha value is -0.280. The lowest BCUT2D eigenvalue weighted by molar-refractivity contribution is -0.121. The maximum absolute atomic E-state index is 11.8. The first kappa shape index (κ1) is 15.8. The largest absolute Gasteiger partial charge is 0.355 e. The number of halogens is 1. The van der Waals surface area contributed by atoms with Crippen molar-refractivity contribution in [2.24, 2.45) is 11.3 Å². The molecule has 1 atom stereocenters. The minimum Gasteiger partial charge on any atom is -0.355 e. The molecule has 1 unspecified atom stereocenters. The van der Waals surface area contributed by atoms with Crippen molar-refractivity contribution in [3.63, 3.8) is 0 Å². The Morgan fingerprint density at radius 1 is 1.44 bits per heavy atom. The number of hydrogen-bond acceptors (Lipinski definition) is 2. The molecule has 0 bridgehead atoms. The molecule has 106 valence electrons. The van der Waals surface area contributed by atoms with Gasteiger partial charge in [-0.25, -0.2) is 0 Å². The summed E-state index contributed by atoms with van der Waals surface area (Å²) in [5.74, 6) is 0.977. The summed E-state index contributed by atoms with van der Waals surface area (Å²) in [5.41, 5.74) is 0.451. The second-order valence-electron chi connectivity index (χ2n) is 6.37. The molecule has 2 fully saturated rings. The fraction of sp³-hybridized carbons (Fsp3) is 0.929. The summed E-state index contributed by atoms with van der Waals surface area (Å²) in [6, 6.07) is 0.426. The molecule has 2 N–H and O–H groups in total. The highest BCUT2D eigenvalue weighted by Crippen LogP contribution is 2.49. The fourth-order valence-electron chi connectivity index (χ4n) is 3.01.